The van der Waals surface area contributed by atoms with Gasteiger partial charge in [-0.2, -0.15) is 4.31 Å². The molecule has 1 saturated heterocycles. The molecule has 0 aromatic heterocycles. The summed E-state index contributed by atoms with van der Waals surface area (Å²) in [5.74, 6) is -5.37. The molecule has 1 aliphatic heterocycles. The predicted octanol–water partition coefficient (Wildman–Crippen LogP) is 3.94. The minimum Gasteiger partial charge on any atom is -0.495 e. The summed E-state index contributed by atoms with van der Waals surface area (Å²) in [6, 6.07) is 5.03. The fourth-order valence-electron chi connectivity index (χ4n) is 3.65. The molecule has 1 aliphatic rings. The van der Waals surface area contributed by atoms with Crippen LogP contribution in [0, 0.1) is 17.5 Å². The lowest BCUT2D eigenvalue weighted by molar-refractivity contribution is 0.0498. The molecule has 0 saturated carbocycles. The van der Waals surface area contributed by atoms with Crippen molar-refractivity contribution in [3.8, 4) is 5.75 Å². The van der Waals surface area contributed by atoms with Gasteiger partial charge in [0.25, 0.3) is 5.91 Å². The molecule has 1 unspecified atom stereocenters. The Morgan fingerprint density at radius 2 is 1.85 bits per heavy atom. The maximum Gasteiger partial charge on any atom is 0.255 e. The van der Waals surface area contributed by atoms with Gasteiger partial charge in [0, 0.05) is 43.1 Å². The van der Waals surface area contributed by atoms with E-state index in [0.717, 1.165) is 18.9 Å². The first kappa shape index (κ1) is 25.0. The number of ether oxygens (including phenoxy) is 2. The third-order valence-corrected chi connectivity index (χ3v) is 7.16. The Bertz CT molecular complexity index is 1100. The van der Waals surface area contributed by atoms with E-state index in [1.54, 1.807) is 0 Å². The summed E-state index contributed by atoms with van der Waals surface area (Å²) in [6.07, 6.45) is 1.98. The van der Waals surface area contributed by atoms with E-state index in [1.165, 1.54) is 23.5 Å². The molecule has 0 aliphatic carbocycles. The monoisotopic (exact) mass is 486 g/mol. The van der Waals surface area contributed by atoms with Crippen molar-refractivity contribution in [2.75, 3.05) is 32.1 Å². The first-order valence-electron chi connectivity index (χ1n) is 10.4. The third-order valence-electron chi connectivity index (χ3n) is 5.28. The lowest BCUT2D eigenvalue weighted by Gasteiger charge is -2.25. The van der Waals surface area contributed by atoms with E-state index in [0.29, 0.717) is 31.7 Å². The molecule has 7 nitrogen and oxygen atoms in total. The highest BCUT2D eigenvalue weighted by Crippen LogP contribution is 2.30. The second-order valence-electron chi connectivity index (χ2n) is 7.51. The Balaban J connectivity index is 1.92. The van der Waals surface area contributed by atoms with Crippen molar-refractivity contribution in [3.05, 3.63) is 53.3 Å². The number of carbonyl (C=O) groups excluding carboxylic acids is 1. The van der Waals surface area contributed by atoms with Gasteiger partial charge in [-0.25, -0.2) is 21.6 Å². The van der Waals surface area contributed by atoms with Gasteiger partial charge in [-0.15, -0.1) is 0 Å². The summed E-state index contributed by atoms with van der Waals surface area (Å²) < 4.78 is 79.2. The molecule has 3 rings (SSSR count). The lowest BCUT2D eigenvalue weighted by atomic mass is 10.2. The molecule has 1 amide bonds. The number of sulfonamides is 1. The van der Waals surface area contributed by atoms with Crippen LogP contribution >= 0.6 is 0 Å². The Morgan fingerprint density at radius 1 is 1.15 bits per heavy atom. The second kappa shape index (κ2) is 10.5. The van der Waals surface area contributed by atoms with Gasteiger partial charge in [0.1, 0.15) is 10.6 Å². The van der Waals surface area contributed by atoms with Crippen LogP contribution in [0.25, 0.3) is 0 Å². The molecule has 1 heterocycles. The van der Waals surface area contributed by atoms with E-state index in [1.807, 2.05) is 6.92 Å². The van der Waals surface area contributed by atoms with Gasteiger partial charge in [-0.05, 0) is 44.4 Å². The van der Waals surface area contributed by atoms with Crippen LogP contribution in [0.15, 0.2) is 35.2 Å². The van der Waals surface area contributed by atoms with Crippen molar-refractivity contribution in [1.82, 2.24) is 4.31 Å². The van der Waals surface area contributed by atoms with Gasteiger partial charge in [0.05, 0.1) is 13.2 Å². The topological polar surface area (TPSA) is 84.9 Å². The molecule has 1 atom stereocenters. The summed E-state index contributed by atoms with van der Waals surface area (Å²) in [6.45, 7) is 2.76. The first-order chi connectivity index (χ1) is 15.7. The van der Waals surface area contributed by atoms with Gasteiger partial charge in [-0.1, -0.05) is 0 Å². The summed E-state index contributed by atoms with van der Waals surface area (Å²) in [5, 5.41) is 2.24. The SMILES string of the molecule is CCOC1CCCCN(S(=O)(=O)c2cc(C(=O)Nc3cc(F)c(F)c(F)c3)ccc2OC)C1. The zero-order valence-corrected chi connectivity index (χ0v) is 19.1. The molecule has 1 N–H and O–H groups in total. The highest BCUT2D eigenvalue weighted by Gasteiger charge is 2.32. The molecule has 33 heavy (non-hydrogen) atoms. The van der Waals surface area contributed by atoms with Gasteiger partial charge in [0.15, 0.2) is 17.5 Å². The minimum absolute atomic E-state index is 0.0441. The van der Waals surface area contributed by atoms with Gasteiger partial charge < -0.3 is 14.8 Å². The van der Waals surface area contributed by atoms with E-state index < -0.39 is 33.4 Å². The van der Waals surface area contributed by atoms with E-state index >= 15 is 0 Å². The predicted molar refractivity (Wildman–Crippen MR) is 115 cm³/mol. The number of benzene rings is 2. The Hall–Kier alpha value is -2.63. The zero-order chi connectivity index (χ0) is 24.2. The average Bonchev–Trinajstić information content (AvgIpc) is 3.03. The number of amides is 1. The Kier molecular flexibility index (Phi) is 7.98. The number of halogens is 3. The standard InChI is InChI=1S/C22H25F3N2O5S/c1-3-32-16-6-4-5-9-27(13-16)33(29,30)20-10-14(7-8-19(20)31-2)22(28)26-15-11-17(23)21(25)18(24)12-15/h7-8,10-12,16H,3-6,9,13H2,1-2H3,(H,26,28). The molecule has 1 fully saturated rings. The number of carbonyl (C=O) groups is 1. The second-order valence-corrected chi connectivity index (χ2v) is 9.42. The molecule has 2 aromatic carbocycles. The van der Waals surface area contributed by atoms with Crippen molar-refractivity contribution >= 4 is 21.6 Å². The molecule has 11 heteroatoms. The summed E-state index contributed by atoms with van der Waals surface area (Å²) >= 11 is 0. The lowest BCUT2D eigenvalue weighted by Crippen LogP contribution is -2.37. The quantitative estimate of drug-likeness (QED) is 0.600. The molecular weight excluding hydrogens is 461 g/mol. The van der Waals surface area contributed by atoms with Crippen LogP contribution in [0.4, 0.5) is 18.9 Å². The molecular formula is C22H25F3N2O5S. The van der Waals surface area contributed by atoms with Crippen LogP contribution in [-0.4, -0.2) is 51.5 Å². The van der Waals surface area contributed by atoms with Crippen LogP contribution in [0.2, 0.25) is 0 Å². The molecule has 2 aromatic rings. The van der Waals surface area contributed by atoms with Gasteiger partial charge in [0.2, 0.25) is 10.0 Å². The van der Waals surface area contributed by atoms with Crippen LogP contribution in [-0.2, 0) is 14.8 Å². The van der Waals surface area contributed by atoms with E-state index in [4.69, 9.17) is 9.47 Å². The van der Waals surface area contributed by atoms with E-state index in [2.05, 4.69) is 5.32 Å². The average molecular weight is 487 g/mol. The van der Waals surface area contributed by atoms with Crippen molar-refractivity contribution in [3.63, 3.8) is 0 Å². The molecule has 0 radical (unpaired) electrons. The summed E-state index contributed by atoms with van der Waals surface area (Å²) in [7, 11) is -2.74. The number of hydrogen-bond donors (Lipinski definition) is 1. The van der Waals surface area contributed by atoms with E-state index in [9.17, 15) is 26.4 Å². The highest BCUT2D eigenvalue weighted by atomic mass is 32.2. The maximum absolute atomic E-state index is 13.5. The third kappa shape index (κ3) is 5.66. The van der Waals surface area contributed by atoms with Crippen LogP contribution in [0.1, 0.15) is 36.5 Å². The normalized spacial score (nSPS) is 17.4. The molecule has 0 bridgehead atoms. The van der Waals surface area contributed by atoms with Crippen molar-refractivity contribution < 1.29 is 35.9 Å². The Morgan fingerprint density at radius 3 is 2.48 bits per heavy atom. The van der Waals surface area contributed by atoms with Gasteiger partial charge in [-0.3, -0.25) is 4.79 Å². The zero-order valence-electron chi connectivity index (χ0n) is 18.2. The van der Waals surface area contributed by atoms with Crippen LogP contribution in [0.3, 0.4) is 0 Å². The maximum atomic E-state index is 13.5. The number of nitrogens with one attached hydrogen (secondary N) is 1. The van der Waals surface area contributed by atoms with Crippen LogP contribution in [0.5, 0.6) is 5.75 Å². The first-order valence-corrected chi connectivity index (χ1v) is 11.9. The van der Waals surface area contributed by atoms with Crippen molar-refractivity contribution in [2.45, 2.75) is 37.2 Å². The van der Waals surface area contributed by atoms with E-state index in [-0.39, 0.29) is 34.5 Å². The fraction of sp³-hybridized carbons (Fsp3) is 0.409. The van der Waals surface area contributed by atoms with Crippen LogP contribution < -0.4 is 10.1 Å². The fourth-order valence-corrected chi connectivity index (χ4v) is 5.34. The molecule has 0 spiro atoms. The number of methoxy groups -OCH3 is 1. The number of hydrogen-bond acceptors (Lipinski definition) is 5. The highest BCUT2D eigenvalue weighted by molar-refractivity contribution is 7.89. The van der Waals surface area contributed by atoms with Crippen molar-refractivity contribution in [2.24, 2.45) is 0 Å². The Labute approximate surface area is 190 Å². The van der Waals surface area contributed by atoms with Crippen molar-refractivity contribution in [1.29, 1.82) is 0 Å². The minimum atomic E-state index is -4.05. The van der Waals surface area contributed by atoms with Gasteiger partial charge >= 0.3 is 0 Å². The summed E-state index contributed by atoms with van der Waals surface area (Å²) in [5.41, 5.74) is -0.403. The summed E-state index contributed by atoms with van der Waals surface area (Å²) in [4.78, 5) is 12.4. The number of nitrogens with zero attached hydrogens (tertiary/aromatic N) is 1. The number of rotatable bonds is 7. The smallest absolute Gasteiger partial charge is 0.255 e. The number of anilines is 1. The largest absolute Gasteiger partial charge is 0.495 e. The molecule has 180 valence electrons.